The van der Waals surface area contributed by atoms with Crippen LogP contribution in [0.2, 0.25) is 0 Å². The number of amides is 1. The zero-order valence-corrected chi connectivity index (χ0v) is 10.7. The first-order chi connectivity index (χ1) is 8.10. The maximum Gasteiger partial charge on any atom is 0.219 e. The fourth-order valence-corrected chi connectivity index (χ4v) is 2.42. The molecule has 2 unspecified atom stereocenters. The molecule has 94 valence electrons. The van der Waals surface area contributed by atoms with Gasteiger partial charge in [0.15, 0.2) is 0 Å². The Balaban J connectivity index is 2.11. The van der Waals surface area contributed by atoms with Crippen LogP contribution in [-0.2, 0) is 11.8 Å². The predicted octanol–water partition coefficient (Wildman–Crippen LogP) is 0.344. The zero-order valence-electron chi connectivity index (χ0n) is 10.7. The molecule has 0 aromatic carbocycles. The topological polar surface area (TPSA) is 50.2 Å². The van der Waals surface area contributed by atoms with Gasteiger partial charge in [-0.25, -0.2) is 0 Å². The molecule has 1 aromatic heterocycles. The first-order valence-corrected chi connectivity index (χ1v) is 6.06. The SMILES string of the molecule is CCC(=O)NC1CN(C)CC1c1cnn(C)c1. The van der Waals surface area contributed by atoms with E-state index in [2.05, 4.69) is 22.4 Å². The van der Waals surface area contributed by atoms with Gasteiger partial charge in [-0.15, -0.1) is 0 Å². The van der Waals surface area contributed by atoms with Crippen molar-refractivity contribution in [3.63, 3.8) is 0 Å². The number of hydrogen-bond donors (Lipinski definition) is 1. The van der Waals surface area contributed by atoms with Crippen LogP contribution in [0.15, 0.2) is 12.4 Å². The highest BCUT2D eigenvalue weighted by molar-refractivity contribution is 5.76. The highest BCUT2D eigenvalue weighted by Crippen LogP contribution is 2.26. The van der Waals surface area contributed by atoms with Crippen molar-refractivity contribution in [2.45, 2.75) is 25.3 Å². The van der Waals surface area contributed by atoms with Gasteiger partial charge in [-0.1, -0.05) is 6.92 Å². The predicted molar refractivity (Wildman–Crippen MR) is 65.7 cm³/mol. The standard InChI is InChI=1S/C12H20N4O/c1-4-12(17)14-11-8-15(2)7-10(11)9-5-13-16(3)6-9/h5-6,10-11H,4,7-8H2,1-3H3,(H,14,17). The van der Waals surface area contributed by atoms with Gasteiger partial charge in [0.1, 0.15) is 0 Å². The smallest absolute Gasteiger partial charge is 0.219 e. The fraction of sp³-hybridized carbons (Fsp3) is 0.667. The van der Waals surface area contributed by atoms with E-state index in [0.717, 1.165) is 13.1 Å². The van der Waals surface area contributed by atoms with E-state index in [1.54, 1.807) is 0 Å². The summed E-state index contributed by atoms with van der Waals surface area (Å²) in [5.41, 5.74) is 1.21. The van der Waals surface area contributed by atoms with Crippen molar-refractivity contribution in [2.24, 2.45) is 7.05 Å². The Bertz CT molecular complexity index is 401. The molecule has 1 aliphatic rings. The largest absolute Gasteiger partial charge is 0.351 e. The molecule has 1 saturated heterocycles. The van der Waals surface area contributed by atoms with Gasteiger partial charge in [-0.05, 0) is 12.6 Å². The Morgan fingerprint density at radius 2 is 2.29 bits per heavy atom. The normalized spacial score (nSPS) is 25.1. The van der Waals surface area contributed by atoms with Gasteiger partial charge in [-0.3, -0.25) is 9.48 Å². The third-order valence-electron chi connectivity index (χ3n) is 3.32. The van der Waals surface area contributed by atoms with Crippen LogP contribution in [0, 0.1) is 0 Å². The summed E-state index contributed by atoms with van der Waals surface area (Å²) in [6.07, 6.45) is 4.48. The van der Waals surface area contributed by atoms with Crippen LogP contribution in [-0.4, -0.2) is 46.8 Å². The number of rotatable bonds is 3. The summed E-state index contributed by atoms with van der Waals surface area (Å²) in [7, 11) is 4.00. The minimum absolute atomic E-state index is 0.124. The van der Waals surface area contributed by atoms with E-state index >= 15 is 0 Å². The Hall–Kier alpha value is -1.36. The van der Waals surface area contributed by atoms with Crippen molar-refractivity contribution < 1.29 is 4.79 Å². The zero-order chi connectivity index (χ0) is 12.4. The average molecular weight is 236 g/mol. The van der Waals surface area contributed by atoms with Crippen LogP contribution >= 0.6 is 0 Å². The van der Waals surface area contributed by atoms with Gasteiger partial charge >= 0.3 is 0 Å². The molecule has 5 nitrogen and oxygen atoms in total. The maximum atomic E-state index is 11.5. The second-order valence-corrected chi connectivity index (χ2v) is 4.80. The van der Waals surface area contributed by atoms with Crippen molar-refractivity contribution >= 4 is 5.91 Å². The molecule has 1 aromatic rings. The minimum atomic E-state index is 0.124. The molecule has 2 heterocycles. The fourth-order valence-electron chi connectivity index (χ4n) is 2.42. The van der Waals surface area contributed by atoms with Crippen molar-refractivity contribution in [3.05, 3.63) is 18.0 Å². The summed E-state index contributed by atoms with van der Waals surface area (Å²) in [6.45, 7) is 3.76. The Labute approximate surface area is 102 Å². The molecule has 0 saturated carbocycles. The Morgan fingerprint density at radius 3 is 2.88 bits per heavy atom. The van der Waals surface area contributed by atoms with Gasteiger partial charge in [0.05, 0.1) is 6.20 Å². The highest BCUT2D eigenvalue weighted by Gasteiger charge is 2.33. The summed E-state index contributed by atoms with van der Waals surface area (Å²) in [5.74, 6) is 0.475. The molecule has 5 heteroatoms. The van der Waals surface area contributed by atoms with E-state index in [1.165, 1.54) is 5.56 Å². The molecule has 17 heavy (non-hydrogen) atoms. The van der Waals surface area contributed by atoms with Crippen LogP contribution in [0.3, 0.4) is 0 Å². The lowest BCUT2D eigenvalue weighted by Crippen LogP contribution is -2.39. The number of nitrogens with one attached hydrogen (secondary N) is 1. The molecular weight excluding hydrogens is 216 g/mol. The van der Waals surface area contributed by atoms with Crippen LogP contribution < -0.4 is 5.32 Å². The quantitative estimate of drug-likeness (QED) is 0.823. The van der Waals surface area contributed by atoms with E-state index in [1.807, 2.05) is 31.0 Å². The number of carbonyl (C=O) groups is 1. The first-order valence-electron chi connectivity index (χ1n) is 6.06. The summed E-state index contributed by atoms with van der Waals surface area (Å²) in [6, 6.07) is 0.205. The van der Waals surface area contributed by atoms with Gasteiger partial charge in [0.25, 0.3) is 0 Å². The minimum Gasteiger partial charge on any atom is -0.351 e. The van der Waals surface area contributed by atoms with Gasteiger partial charge < -0.3 is 10.2 Å². The average Bonchev–Trinajstić information content (AvgIpc) is 2.85. The molecule has 2 atom stereocenters. The molecule has 0 bridgehead atoms. The first kappa shape index (κ1) is 12.1. The summed E-state index contributed by atoms with van der Waals surface area (Å²) < 4.78 is 1.81. The molecule has 1 aliphatic heterocycles. The number of aromatic nitrogens is 2. The summed E-state index contributed by atoms with van der Waals surface area (Å²) >= 11 is 0. The van der Waals surface area contributed by atoms with Gasteiger partial charge in [0.2, 0.25) is 5.91 Å². The monoisotopic (exact) mass is 236 g/mol. The third-order valence-corrected chi connectivity index (χ3v) is 3.32. The number of aryl methyl sites for hydroxylation is 1. The number of likely N-dealkylation sites (N-methyl/N-ethyl adjacent to an activating group) is 1. The third kappa shape index (κ3) is 2.66. The van der Waals surface area contributed by atoms with E-state index < -0.39 is 0 Å². The lowest BCUT2D eigenvalue weighted by Gasteiger charge is -2.18. The van der Waals surface area contributed by atoms with Crippen molar-refractivity contribution in [1.82, 2.24) is 20.0 Å². The molecular formula is C12H20N4O. The van der Waals surface area contributed by atoms with Crippen molar-refractivity contribution in [2.75, 3.05) is 20.1 Å². The summed E-state index contributed by atoms with van der Waals surface area (Å²) in [5, 5.41) is 7.30. The molecule has 1 fully saturated rings. The molecule has 1 N–H and O–H groups in total. The second kappa shape index (κ2) is 4.87. The van der Waals surface area contributed by atoms with E-state index in [0.29, 0.717) is 12.3 Å². The van der Waals surface area contributed by atoms with Gasteiger partial charge in [0, 0.05) is 44.7 Å². The Kier molecular flexibility index (Phi) is 3.47. The van der Waals surface area contributed by atoms with E-state index in [9.17, 15) is 4.79 Å². The van der Waals surface area contributed by atoms with E-state index in [4.69, 9.17) is 0 Å². The molecule has 0 spiro atoms. The number of hydrogen-bond acceptors (Lipinski definition) is 3. The highest BCUT2D eigenvalue weighted by atomic mass is 16.1. The van der Waals surface area contributed by atoms with Crippen molar-refractivity contribution in [1.29, 1.82) is 0 Å². The number of nitrogens with zero attached hydrogens (tertiary/aromatic N) is 3. The molecule has 1 amide bonds. The lowest BCUT2D eigenvalue weighted by atomic mass is 9.97. The van der Waals surface area contributed by atoms with Crippen LogP contribution in [0.25, 0.3) is 0 Å². The maximum absolute atomic E-state index is 11.5. The lowest BCUT2D eigenvalue weighted by molar-refractivity contribution is -0.121. The number of carbonyl (C=O) groups excluding carboxylic acids is 1. The molecule has 0 aliphatic carbocycles. The van der Waals surface area contributed by atoms with Crippen LogP contribution in [0.5, 0.6) is 0 Å². The number of likely N-dealkylation sites (tertiary alicyclic amines) is 1. The van der Waals surface area contributed by atoms with Crippen LogP contribution in [0.4, 0.5) is 0 Å². The van der Waals surface area contributed by atoms with Gasteiger partial charge in [-0.2, -0.15) is 5.10 Å². The van der Waals surface area contributed by atoms with E-state index in [-0.39, 0.29) is 11.9 Å². The Morgan fingerprint density at radius 1 is 1.53 bits per heavy atom. The van der Waals surface area contributed by atoms with Crippen molar-refractivity contribution in [3.8, 4) is 0 Å². The summed E-state index contributed by atoms with van der Waals surface area (Å²) in [4.78, 5) is 13.8. The van der Waals surface area contributed by atoms with Crippen LogP contribution in [0.1, 0.15) is 24.8 Å². The molecule has 2 rings (SSSR count). The molecule has 0 radical (unpaired) electrons. The second-order valence-electron chi connectivity index (χ2n) is 4.80.